The van der Waals surface area contributed by atoms with E-state index in [9.17, 15) is 18.3 Å². The molecule has 0 heterocycles. The van der Waals surface area contributed by atoms with E-state index in [-0.39, 0.29) is 42.2 Å². The first-order chi connectivity index (χ1) is 12.3. The van der Waals surface area contributed by atoms with E-state index in [2.05, 4.69) is 15.0 Å². The van der Waals surface area contributed by atoms with Gasteiger partial charge in [0, 0.05) is 5.69 Å². The fourth-order valence-electron chi connectivity index (χ4n) is 2.04. The highest BCUT2D eigenvalue weighted by Crippen LogP contribution is 2.24. The van der Waals surface area contributed by atoms with Crippen LogP contribution in [0.15, 0.2) is 53.5 Å². The Morgan fingerprint density at radius 3 is 2.19 bits per heavy atom. The summed E-state index contributed by atoms with van der Waals surface area (Å²) >= 11 is 0. The minimum atomic E-state index is -4.76. The fraction of sp³-hybridized carbons (Fsp3) is 0.235. The second-order valence-corrected chi connectivity index (χ2v) is 5.21. The third-order valence-corrected chi connectivity index (χ3v) is 3.30. The summed E-state index contributed by atoms with van der Waals surface area (Å²) in [5.41, 5.74) is 6.83. The Hall–Kier alpha value is -2.21. The Labute approximate surface area is 171 Å². The number of alkyl halides is 3. The van der Waals surface area contributed by atoms with Gasteiger partial charge in [0.1, 0.15) is 11.5 Å². The number of methoxy groups -OCH3 is 1. The molecule has 0 saturated carbocycles. The van der Waals surface area contributed by atoms with Gasteiger partial charge in [0.05, 0.1) is 19.8 Å². The lowest BCUT2D eigenvalue weighted by Crippen LogP contribution is -2.23. The van der Waals surface area contributed by atoms with E-state index in [0.717, 1.165) is 12.1 Å². The van der Waals surface area contributed by atoms with Gasteiger partial charge in [0.15, 0.2) is 5.96 Å². The summed E-state index contributed by atoms with van der Waals surface area (Å²) in [5, 5.41) is 12.9. The minimum Gasteiger partial charge on any atom is -0.497 e. The van der Waals surface area contributed by atoms with Gasteiger partial charge in [-0.05, 0) is 42.0 Å². The van der Waals surface area contributed by atoms with Gasteiger partial charge < -0.3 is 25.6 Å². The highest BCUT2D eigenvalue weighted by Gasteiger charge is 2.31. The summed E-state index contributed by atoms with van der Waals surface area (Å²) in [6, 6.07) is 11.9. The van der Waals surface area contributed by atoms with Crippen LogP contribution < -0.4 is 20.5 Å². The smallest absolute Gasteiger partial charge is 0.497 e. The summed E-state index contributed by atoms with van der Waals surface area (Å²) in [5.74, 6) is 0.420. The second kappa shape index (κ2) is 10.2. The number of guanidine groups is 1. The zero-order valence-electron chi connectivity index (χ0n) is 14.2. The maximum atomic E-state index is 12.1. The number of ether oxygens (including phenoxy) is 2. The van der Waals surface area contributed by atoms with Crippen molar-refractivity contribution in [3.63, 3.8) is 0 Å². The molecule has 1 atom stereocenters. The number of halogens is 4. The number of nitrogens with two attached hydrogens (primary N) is 1. The van der Waals surface area contributed by atoms with Crippen LogP contribution in [-0.4, -0.2) is 31.1 Å². The summed E-state index contributed by atoms with van der Waals surface area (Å²) < 4.78 is 45.2. The molecule has 148 valence electrons. The first-order valence-corrected chi connectivity index (χ1v) is 7.51. The standard InChI is InChI=1S/C17H18F3N3O3.HI/c1-25-13-8-4-12(5-9-13)23-16(21)22-10-15(24)11-2-6-14(7-3-11)26-17(18,19)20;/h2-9,15,24H,10H2,1H3,(H3,21,22,23);1H. The molecule has 27 heavy (non-hydrogen) atoms. The molecule has 2 rings (SSSR count). The van der Waals surface area contributed by atoms with E-state index >= 15 is 0 Å². The maximum Gasteiger partial charge on any atom is 0.573 e. The molecule has 2 aromatic rings. The largest absolute Gasteiger partial charge is 0.573 e. The molecule has 4 N–H and O–H groups in total. The normalized spacial score (nSPS) is 12.7. The van der Waals surface area contributed by atoms with Crippen molar-refractivity contribution in [3.8, 4) is 11.5 Å². The number of aliphatic hydroxyl groups is 1. The summed E-state index contributed by atoms with van der Waals surface area (Å²) in [4.78, 5) is 4.01. The van der Waals surface area contributed by atoms with E-state index in [1.165, 1.54) is 12.1 Å². The Balaban J connectivity index is 0.00000364. The maximum absolute atomic E-state index is 12.1. The molecular formula is C17H19F3IN3O3. The molecule has 0 spiro atoms. The molecule has 0 aliphatic rings. The predicted octanol–water partition coefficient (Wildman–Crippen LogP) is 3.67. The van der Waals surface area contributed by atoms with Crippen molar-refractivity contribution in [3.05, 3.63) is 54.1 Å². The van der Waals surface area contributed by atoms with Gasteiger partial charge in [-0.3, -0.25) is 4.99 Å². The van der Waals surface area contributed by atoms with E-state index in [1.54, 1.807) is 31.4 Å². The molecule has 0 aromatic heterocycles. The number of aliphatic imine (C=N–C) groups is 1. The van der Waals surface area contributed by atoms with Crippen LogP contribution in [0.2, 0.25) is 0 Å². The number of aliphatic hydroxyl groups excluding tert-OH is 1. The molecule has 0 radical (unpaired) electrons. The van der Waals surface area contributed by atoms with E-state index in [0.29, 0.717) is 17.0 Å². The van der Waals surface area contributed by atoms with Crippen LogP contribution >= 0.6 is 24.0 Å². The van der Waals surface area contributed by atoms with Crippen molar-refractivity contribution in [1.82, 2.24) is 0 Å². The Bertz CT molecular complexity index is 738. The zero-order valence-corrected chi connectivity index (χ0v) is 16.6. The van der Waals surface area contributed by atoms with Gasteiger partial charge in [-0.15, -0.1) is 37.1 Å². The van der Waals surface area contributed by atoms with Gasteiger partial charge in [-0.1, -0.05) is 12.1 Å². The number of nitrogens with one attached hydrogen (secondary N) is 1. The van der Waals surface area contributed by atoms with Crippen LogP contribution in [0, 0.1) is 0 Å². The highest BCUT2D eigenvalue weighted by molar-refractivity contribution is 14.0. The van der Waals surface area contributed by atoms with E-state index < -0.39 is 12.5 Å². The summed E-state index contributed by atoms with van der Waals surface area (Å²) in [7, 11) is 1.56. The van der Waals surface area contributed by atoms with Gasteiger partial charge in [0.2, 0.25) is 0 Å². The van der Waals surface area contributed by atoms with Crippen molar-refractivity contribution in [2.45, 2.75) is 12.5 Å². The lowest BCUT2D eigenvalue weighted by molar-refractivity contribution is -0.274. The van der Waals surface area contributed by atoms with Crippen LogP contribution in [0.1, 0.15) is 11.7 Å². The first kappa shape index (κ1) is 22.8. The molecule has 0 bridgehead atoms. The summed E-state index contributed by atoms with van der Waals surface area (Å²) in [6.07, 6.45) is -5.78. The average molecular weight is 497 g/mol. The second-order valence-electron chi connectivity index (χ2n) is 5.21. The van der Waals surface area contributed by atoms with Crippen LogP contribution in [0.5, 0.6) is 11.5 Å². The van der Waals surface area contributed by atoms with E-state index in [4.69, 9.17) is 10.5 Å². The third kappa shape index (κ3) is 7.91. The molecule has 0 aliphatic carbocycles. The van der Waals surface area contributed by atoms with Crippen molar-refractivity contribution in [2.24, 2.45) is 10.7 Å². The summed E-state index contributed by atoms with van der Waals surface area (Å²) in [6.45, 7) is -0.0610. The highest BCUT2D eigenvalue weighted by atomic mass is 127. The molecule has 6 nitrogen and oxygen atoms in total. The number of hydrogen-bond acceptors (Lipinski definition) is 4. The molecule has 10 heteroatoms. The molecule has 0 saturated heterocycles. The molecule has 1 unspecified atom stereocenters. The van der Waals surface area contributed by atoms with Crippen LogP contribution in [0.3, 0.4) is 0 Å². The lowest BCUT2D eigenvalue weighted by Gasteiger charge is -2.12. The Morgan fingerprint density at radius 2 is 1.67 bits per heavy atom. The first-order valence-electron chi connectivity index (χ1n) is 7.51. The molecule has 0 fully saturated rings. The van der Waals surface area contributed by atoms with Crippen molar-refractivity contribution in [2.75, 3.05) is 19.0 Å². The fourth-order valence-corrected chi connectivity index (χ4v) is 2.04. The number of benzene rings is 2. The van der Waals surface area contributed by atoms with Crippen molar-refractivity contribution >= 4 is 35.6 Å². The monoisotopic (exact) mass is 497 g/mol. The predicted molar refractivity (Wildman–Crippen MR) is 107 cm³/mol. The molecule has 2 aromatic carbocycles. The topological polar surface area (TPSA) is 89.1 Å². The Kier molecular flexibility index (Phi) is 8.63. The van der Waals surface area contributed by atoms with Crippen LogP contribution in [0.4, 0.5) is 18.9 Å². The van der Waals surface area contributed by atoms with Crippen molar-refractivity contribution in [1.29, 1.82) is 0 Å². The molecule has 0 aliphatic heterocycles. The third-order valence-electron chi connectivity index (χ3n) is 3.30. The van der Waals surface area contributed by atoms with E-state index in [1.807, 2.05) is 0 Å². The van der Waals surface area contributed by atoms with Gasteiger partial charge in [0.25, 0.3) is 0 Å². The van der Waals surface area contributed by atoms with Crippen LogP contribution in [-0.2, 0) is 0 Å². The zero-order chi connectivity index (χ0) is 19.2. The molecule has 0 amide bonds. The number of rotatable bonds is 6. The Morgan fingerprint density at radius 1 is 1.11 bits per heavy atom. The molecular weight excluding hydrogens is 478 g/mol. The average Bonchev–Trinajstić information content (AvgIpc) is 2.59. The van der Waals surface area contributed by atoms with Crippen molar-refractivity contribution < 1.29 is 27.8 Å². The SMILES string of the molecule is COc1ccc(NC(N)=NCC(O)c2ccc(OC(F)(F)F)cc2)cc1.I. The number of anilines is 1. The van der Waals surface area contributed by atoms with Gasteiger partial charge in [-0.2, -0.15) is 0 Å². The lowest BCUT2D eigenvalue weighted by atomic mass is 10.1. The number of nitrogens with zero attached hydrogens (tertiary/aromatic N) is 1. The number of hydrogen-bond donors (Lipinski definition) is 3. The van der Waals surface area contributed by atoms with Crippen LogP contribution in [0.25, 0.3) is 0 Å². The van der Waals surface area contributed by atoms with Gasteiger partial charge >= 0.3 is 6.36 Å². The quantitative estimate of drug-likeness (QED) is 0.322. The minimum absolute atomic E-state index is 0. The van der Waals surface area contributed by atoms with Gasteiger partial charge in [-0.25, -0.2) is 0 Å².